The topological polar surface area (TPSA) is 231 Å². The van der Waals surface area contributed by atoms with Crippen molar-refractivity contribution in [2.45, 2.75) is 76.0 Å². The van der Waals surface area contributed by atoms with Gasteiger partial charge in [0.1, 0.15) is 11.1 Å². The number of rotatable bonds is 17. The molecule has 68 heavy (non-hydrogen) atoms. The first-order valence-corrected chi connectivity index (χ1v) is 23.6. The number of urea groups is 1. The van der Waals surface area contributed by atoms with E-state index in [9.17, 15) is 28.8 Å². The van der Waals surface area contributed by atoms with Crippen molar-refractivity contribution in [3.05, 3.63) is 94.6 Å². The molecule has 19 nitrogen and oxygen atoms in total. The zero-order chi connectivity index (χ0) is 47.6. The molecule has 3 fully saturated rings. The van der Waals surface area contributed by atoms with Crippen molar-refractivity contribution < 1.29 is 33.5 Å². The third kappa shape index (κ3) is 11.8. The predicted octanol–water partition coefficient (Wildman–Crippen LogP) is 4.91. The number of aromatic nitrogens is 2. The van der Waals surface area contributed by atoms with Crippen molar-refractivity contribution in [1.82, 2.24) is 41.0 Å². The van der Waals surface area contributed by atoms with E-state index in [4.69, 9.17) is 16.3 Å². The lowest BCUT2D eigenvalue weighted by Crippen LogP contribution is -2.54. The number of carbonyl (C=O) groups is 6. The number of benzene rings is 3. The Morgan fingerprint density at radius 1 is 0.853 bits per heavy atom. The maximum atomic E-state index is 13.2. The quantitative estimate of drug-likeness (QED) is 0.0552. The zero-order valence-corrected chi connectivity index (χ0v) is 38.7. The van der Waals surface area contributed by atoms with Crippen molar-refractivity contribution >= 4 is 81.7 Å². The van der Waals surface area contributed by atoms with Crippen molar-refractivity contribution in [2.24, 2.45) is 0 Å². The zero-order valence-electron chi connectivity index (χ0n) is 37.9. The third-order valence-corrected chi connectivity index (χ3v) is 13.0. The molecular weight excluding hydrogens is 892 g/mol. The van der Waals surface area contributed by atoms with E-state index in [-0.39, 0.29) is 68.1 Å². The summed E-state index contributed by atoms with van der Waals surface area (Å²) in [6.07, 6.45) is 6.67. The molecule has 2 saturated heterocycles. The van der Waals surface area contributed by atoms with Gasteiger partial charge in [-0.05, 0) is 93.6 Å². The van der Waals surface area contributed by atoms with Crippen LogP contribution in [0.15, 0.2) is 72.9 Å². The number of nitrogens with zero attached hydrogens (tertiary/aromatic N) is 5. The van der Waals surface area contributed by atoms with Gasteiger partial charge >= 0.3 is 6.03 Å². The minimum atomic E-state index is -0.722. The van der Waals surface area contributed by atoms with E-state index in [1.165, 1.54) is 11.1 Å². The van der Waals surface area contributed by atoms with Gasteiger partial charge in [-0.25, -0.2) is 9.78 Å². The molecule has 0 spiro atoms. The highest BCUT2D eigenvalue weighted by atomic mass is 35.5. The molecule has 1 unspecified atom stereocenters. The van der Waals surface area contributed by atoms with Crippen molar-refractivity contribution in [3.63, 3.8) is 0 Å². The largest absolute Gasteiger partial charge is 0.381 e. The summed E-state index contributed by atoms with van der Waals surface area (Å²) < 4.78 is 5.75. The van der Waals surface area contributed by atoms with Crippen LogP contribution in [0.1, 0.15) is 77.6 Å². The van der Waals surface area contributed by atoms with Crippen LogP contribution in [0.25, 0.3) is 0 Å². The molecule has 4 heterocycles. The summed E-state index contributed by atoms with van der Waals surface area (Å²) in [4.78, 5) is 90.0. The van der Waals surface area contributed by atoms with E-state index >= 15 is 0 Å². The van der Waals surface area contributed by atoms with Crippen LogP contribution in [-0.2, 0) is 25.7 Å². The summed E-state index contributed by atoms with van der Waals surface area (Å²) in [5.41, 5.74) is 4.50. The predicted molar refractivity (Wildman–Crippen MR) is 257 cm³/mol. The maximum Gasteiger partial charge on any atom is 0.317 e. The number of hydrogen-bond acceptors (Lipinski definition) is 13. The number of piperazine rings is 1. The first kappa shape index (κ1) is 47.7. The van der Waals surface area contributed by atoms with E-state index in [1.807, 2.05) is 35.2 Å². The molecule has 8 rings (SSSR count). The average molecular weight is 950 g/mol. The van der Waals surface area contributed by atoms with Crippen LogP contribution in [0.4, 0.5) is 39.3 Å². The van der Waals surface area contributed by atoms with E-state index in [0.717, 1.165) is 50.0 Å². The van der Waals surface area contributed by atoms with Gasteiger partial charge in [-0.3, -0.25) is 29.3 Å². The molecule has 1 aliphatic carbocycles. The minimum Gasteiger partial charge on any atom is -0.381 e. The molecular formula is C48H57ClN12O7. The number of fused-ring (bicyclic) bond motifs is 1. The molecule has 1 aromatic heterocycles. The lowest BCUT2D eigenvalue weighted by Gasteiger charge is -2.37. The normalized spacial score (nSPS) is 19.2. The van der Waals surface area contributed by atoms with Gasteiger partial charge in [0.15, 0.2) is 5.82 Å². The van der Waals surface area contributed by atoms with Gasteiger partial charge in [-0.15, -0.1) is 0 Å². The number of anilines is 6. The fourth-order valence-corrected chi connectivity index (χ4v) is 9.13. The van der Waals surface area contributed by atoms with E-state index in [2.05, 4.69) is 52.1 Å². The number of amides is 7. The summed E-state index contributed by atoms with van der Waals surface area (Å²) in [5, 5.41) is 21.4. The fraction of sp³-hybridized carbons (Fsp3) is 0.417. The van der Waals surface area contributed by atoms with Gasteiger partial charge in [0.25, 0.3) is 11.8 Å². The van der Waals surface area contributed by atoms with Crippen LogP contribution in [0, 0.1) is 0 Å². The molecule has 7 amide bonds. The number of halogens is 1. The van der Waals surface area contributed by atoms with Crippen molar-refractivity contribution in [1.29, 1.82) is 0 Å². The van der Waals surface area contributed by atoms with Crippen molar-refractivity contribution in [2.75, 3.05) is 73.8 Å². The highest BCUT2D eigenvalue weighted by molar-refractivity contribution is 6.33. The van der Waals surface area contributed by atoms with Crippen LogP contribution in [0.5, 0.6) is 0 Å². The Balaban J connectivity index is 0.678. The lowest BCUT2D eigenvalue weighted by molar-refractivity contribution is -0.137. The number of ether oxygens (including phenoxy) is 1. The first-order chi connectivity index (χ1) is 33.0. The number of nitrogens with one attached hydrogen (secondary N) is 7. The molecule has 3 aliphatic heterocycles. The molecule has 1 atom stereocenters. The number of carbonyl (C=O) groups excluding carboxylic acids is 6. The van der Waals surface area contributed by atoms with Crippen LogP contribution in [-0.4, -0.2) is 126 Å². The van der Waals surface area contributed by atoms with Crippen molar-refractivity contribution in [3.8, 4) is 0 Å². The fourth-order valence-electron chi connectivity index (χ4n) is 8.99. The molecule has 7 N–H and O–H groups in total. The highest BCUT2D eigenvalue weighted by Gasteiger charge is 2.40. The van der Waals surface area contributed by atoms with E-state index in [0.29, 0.717) is 83.7 Å². The standard InChI is InChI=1S/C48H57ClN12O7/c1-50-44(64)35-6-2-3-8-38(35)56-43-37(49)28-52-47(58-43)53-31-14-16-33(17-15-31)59-22-24-60(25-23-59)48(67)54-32-12-10-30(11-13-32)51-21-5-26-68-27-20-42(63)55-39-9-4-7-34-36(39)29-61(46(34)66)40-18-19-41(62)57-45(40)65/h2-4,6-9,14-17,28,30,32,40,51H,5,10-13,18-27,29H2,1H3,(H,50,64)(H,54,67)(H,55,63)(H,57,62,65)(H2,52,53,56,58). The monoisotopic (exact) mass is 948 g/mol. The molecule has 0 bridgehead atoms. The Morgan fingerprint density at radius 2 is 1.60 bits per heavy atom. The summed E-state index contributed by atoms with van der Waals surface area (Å²) in [6, 6.07) is 20.0. The van der Waals surface area contributed by atoms with E-state index in [1.54, 1.807) is 43.4 Å². The van der Waals surface area contributed by atoms with Gasteiger partial charge in [0, 0.05) is 93.1 Å². The Kier molecular flexibility index (Phi) is 15.6. The number of para-hydroxylation sites is 1. The molecule has 20 heteroatoms. The summed E-state index contributed by atoms with van der Waals surface area (Å²) >= 11 is 6.40. The van der Waals surface area contributed by atoms with Gasteiger partial charge in [0.2, 0.25) is 23.7 Å². The van der Waals surface area contributed by atoms with E-state index < -0.39 is 11.9 Å². The molecule has 4 aliphatic rings. The Labute approximate surface area is 399 Å². The second kappa shape index (κ2) is 22.3. The van der Waals surface area contributed by atoms with Gasteiger partial charge in [-0.1, -0.05) is 29.8 Å². The van der Waals surface area contributed by atoms with Gasteiger partial charge < -0.3 is 51.3 Å². The summed E-state index contributed by atoms with van der Waals surface area (Å²) in [5.74, 6) is -0.872. The molecule has 4 aromatic rings. The lowest BCUT2D eigenvalue weighted by atomic mass is 9.91. The Hall–Kier alpha value is -6.83. The summed E-state index contributed by atoms with van der Waals surface area (Å²) in [7, 11) is 1.57. The Bertz CT molecular complexity index is 2490. The third-order valence-electron chi connectivity index (χ3n) is 12.7. The molecule has 1 saturated carbocycles. The molecule has 0 radical (unpaired) electrons. The molecule has 3 aromatic carbocycles. The number of piperidine rings is 1. The van der Waals surface area contributed by atoms with Crippen LogP contribution in [0.2, 0.25) is 5.02 Å². The van der Waals surface area contributed by atoms with Crippen LogP contribution < -0.4 is 42.1 Å². The second-order valence-corrected chi connectivity index (χ2v) is 17.6. The SMILES string of the molecule is CNC(=O)c1ccccc1Nc1nc(Nc2ccc(N3CCN(C(=O)NC4CCC(NCCCOCCC(=O)Nc5cccc6c5CN(C5CCC(=O)NC5=O)C6=O)CC4)CC3)cc2)ncc1Cl. The van der Waals surface area contributed by atoms with Gasteiger partial charge in [-0.2, -0.15) is 4.98 Å². The molecule has 358 valence electrons. The average Bonchev–Trinajstić information content (AvgIpc) is 3.69. The highest BCUT2D eigenvalue weighted by Crippen LogP contribution is 2.33. The Morgan fingerprint density at radius 3 is 2.37 bits per heavy atom. The number of hydrogen-bond donors (Lipinski definition) is 7. The number of imide groups is 1. The minimum absolute atomic E-state index is 0.0143. The first-order valence-electron chi connectivity index (χ1n) is 23.2. The maximum absolute atomic E-state index is 13.2. The van der Waals surface area contributed by atoms with Gasteiger partial charge in [0.05, 0.1) is 30.5 Å². The summed E-state index contributed by atoms with van der Waals surface area (Å²) in [6.45, 7) is 4.42. The second-order valence-electron chi connectivity index (χ2n) is 17.2. The van der Waals surface area contributed by atoms with Crippen LogP contribution >= 0.6 is 11.6 Å². The van der Waals surface area contributed by atoms with Crippen LogP contribution in [0.3, 0.4) is 0 Å². The smallest absolute Gasteiger partial charge is 0.317 e.